The highest BCUT2D eigenvalue weighted by atomic mass is 28.4. The van der Waals surface area contributed by atoms with Gasteiger partial charge in [-0.1, -0.05) is 32.4 Å². The lowest BCUT2D eigenvalue weighted by Gasteiger charge is -2.36. The molecule has 0 aromatic heterocycles. The van der Waals surface area contributed by atoms with Crippen LogP contribution >= 0.6 is 0 Å². The second kappa shape index (κ2) is 12.5. The molecule has 0 saturated carbocycles. The summed E-state index contributed by atoms with van der Waals surface area (Å²) in [6.45, 7) is 16.9. The average molecular weight is 439 g/mol. The maximum Gasteiger partial charge on any atom is 0.191 e. The largest absolute Gasteiger partial charge is 0.468 e. The minimum Gasteiger partial charge on any atom is -0.468 e. The molecule has 6 heteroatoms. The van der Waals surface area contributed by atoms with Gasteiger partial charge < -0.3 is 23.4 Å². The summed E-state index contributed by atoms with van der Waals surface area (Å²) in [4.78, 5) is 0. The van der Waals surface area contributed by atoms with Crippen LogP contribution in [0.3, 0.4) is 0 Å². The van der Waals surface area contributed by atoms with E-state index in [0.717, 1.165) is 48.5 Å². The summed E-state index contributed by atoms with van der Waals surface area (Å²) in [5.74, 6) is 1.63. The van der Waals surface area contributed by atoms with Gasteiger partial charge in [0, 0.05) is 26.4 Å². The van der Waals surface area contributed by atoms with Crippen molar-refractivity contribution < 1.29 is 23.4 Å². The zero-order valence-electron chi connectivity index (χ0n) is 20.5. The van der Waals surface area contributed by atoms with Gasteiger partial charge in [0.1, 0.15) is 11.5 Å². The molecule has 0 unspecified atom stereocenters. The molecular formula is C24H42O5Si. The van der Waals surface area contributed by atoms with Gasteiger partial charge in [0.25, 0.3) is 0 Å². The second-order valence-corrected chi connectivity index (χ2v) is 14.1. The normalized spacial score (nSPS) is 12.9. The molecule has 1 aromatic carbocycles. The topological polar surface area (TPSA) is 46.2 Å². The number of aryl methyl sites for hydroxylation is 1. The van der Waals surface area contributed by atoms with Crippen molar-refractivity contribution in [3.8, 4) is 11.5 Å². The van der Waals surface area contributed by atoms with E-state index < -0.39 is 8.32 Å². The predicted molar refractivity (Wildman–Crippen MR) is 126 cm³/mol. The van der Waals surface area contributed by atoms with Crippen LogP contribution in [0.2, 0.25) is 18.1 Å². The Bertz CT molecular complexity index is 677. The fraction of sp³-hybridized carbons (Fsp3) is 0.667. The molecule has 1 aromatic rings. The SMILES string of the molecule is COCOc1cc(C)c(OCOC)c(C/C=C(\C)CCCO[Si](C)(C)C(C)(C)C)c1. The third kappa shape index (κ3) is 8.80. The van der Waals surface area contributed by atoms with Crippen LogP contribution in [0.15, 0.2) is 23.8 Å². The van der Waals surface area contributed by atoms with Gasteiger partial charge in [0.15, 0.2) is 21.9 Å². The first kappa shape index (κ1) is 26.7. The van der Waals surface area contributed by atoms with E-state index in [2.05, 4.69) is 46.9 Å². The summed E-state index contributed by atoms with van der Waals surface area (Å²) in [7, 11) is 1.58. The van der Waals surface area contributed by atoms with Crippen LogP contribution in [0, 0.1) is 6.92 Å². The van der Waals surface area contributed by atoms with Crippen LogP contribution in [0.25, 0.3) is 0 Å². The molecule has 0 bridgehead atoms. The van der Waals surface area contributed by atoms with Crippen molar-refractivity contribution in [2.75, 3.05) is 34.4 Å². The molecule has 1 rings (SSSR count). The first-order valence-electron chi connectivity index (χ1n) is 10.7. The zero-order valence-corrected chi connectivity index (χ0v) is 21.5. The molecule has 0 saturated heterocycles. The number of benzene rings is 1. The van der Waals surface area contributed by atoms with Crippen LogP contribution in [0.4, 0.5) is 0 Å². The highest BCUT2D eigenvalue weighted by Gasteiger charge is 2.36. The quantitative estimate of drug-likeness (QED) is 0.158. The summed E-state index contributed by atoms with van der Waals surface area (Å²) in [5.41, 5.74) is 3.45. The first-order chi connectivity index (χ1) is 14.0. The molecule has 0 fully saturated rings. The molecule has 0 aliphatic rings. The molecule has 0 amide bonds. The molecule has 172 valence electrons. The van der Waals surface area contributed by atoms with Crippen LogP contribution in [-0.2, 0) is 20.3 Å². The van der Waals surface area contributed by atoms with Crippen molar-refractivity contribution in [2.45, 2.75) is 72.0 Å². The Hall–Kier alpha value is -1.34. The summed E-state index contributed by atoms with van der Waals surface area (Å²) >= 11 is 0. The van der Waals surface area contributed by atoms with Crippen molar-refractivity contribution in [2.24, 2.45) is 0 Å². The molecule has 5 nitrogen and oxygen atoms in total. The molecule has 30 heavy (non-hydrogen) atoms. The van der Waals surface area contributed by atoms with Crippen LogP contribution in [0.1, 0.15) is 51.7 Å². The molecule has 0 heterocycles. The van der Waals surface area contributed by atoms with Crippen LogP contribution < -0.4 is 9.47 Å². The van der Waals surface area contributed by atoms with Crippen molar-refractivity contribution in [1.29, 1.82) is 0 Å². The number of ether oxygens (including phenoxy) is 4. The first-order valence-corrected chi connectivity index (χ1v) is 13.6. The highest BCUT2D eigenvalue weighted by molar-refractivity contribution is 6.74. The number of methoxy groups -OCH3 is 2. The number of rotatable bonds is 13. The van der Waals surface area contributed by atoms with E-state index in [4.69, 9.17) is 23.4 Å². The van der Waals surface area contributed by atoms with Gasteiger partial charge in [-0.15, -0.1) is 0 Å². The van der Waals surface area contributed by atoms with E-state index in [-0.39, 0.29) is 18.6 Å². The minimum atomic E-state index is -1.66. The van der Waals surface area contributed by atoms with E-state index in [1.165, 1.54) is 5.57 Å². The van der Waals surface area contributed by atoms with Crippen molar-refractivity contribution in [1.82, 2.24) is 0 Å². The standard InChI is InChI=1S/C24H42O5Si/c1-19(11-10-14-29-30(8,9)24(3,4)5)12-13-21-16-22(27-17-25-6)15-20(2)23(21)28-18-26-7/h12,15-16H,10-11,13-14,17-18H2,1-9H3/b19-12+. The summed E-state index contributed by atoms with van der Waals surface area (Å²) in [6.07, 6.45) is 5.11. The Morgan fingerprint density at radius 1 is 1.03 bits per heavy atom. The van der Waals surface area contributed by atoms with Crippen molar-refractivity contribution >= 4 is 8.32 Å². The monoisotopic (exact) mass is 438 g/mol. The molecule has 0 atom stereocenters. The number of allylic oxidation sites excluding steroid dienone is 2. The maximum atomic E-state index is 6.29. The number of hydrogen-bond acceptors (Lipinski definition) is 5. The van der Waals surface area contributed by atoms with Gasteiger partial charge in [-0.25, -0.2) is 0 Å². The molecule has 0 spiro atoms. The fourth-order valence-corrected chi connectivity index (χ4v) is 3.87. The fourth-order valence-electron chi connectivity index (χ4n) is 2.78. The Kier molecular flexibility index (Phi) is 11.1. The molecular weight excluding hydrogens is 396 g/mol. The Labute approximate surface area is 184 Å². The van der Waals surface area contributed by atoms with E-state index in [1.54, 1.807) is 14.2 Å². The van der Waals surface area contributed by atoms with Crippen molar-refractivity contribution in [3.63, 3.8) is 0 Å². The van der Waals surface area contributed by atoms with Gasteiger partial charge in [-0.2, -0.15) is 0 Å². The summed E-state index contributed by atoms with van der Waals surface area (Å²) < 4.78 is 27.9. The molecule has 0 aliphatic heterocycles. The van der Waals surface area contributed by atoms with E-state index in [9.17, 15) is 0 Å². The van der Waals surface area contributed by atoms with Crippen molar-refractivity contribution in [3.05, 3.63) is 34.9 Å². The van der Waals surface area contributed by atoms with Gasteiger partial charge in [-0.3, -0.25) is 0 Å². The van der Waals surface area contributed by atoms with E-state index in [1.807, 2.05) is 19.1 Å². The Morgan fingerprint density at radius 3 is 2.27 bits per heavy atom. The third-order valence-electron chi connectivity index (χ3n) is 5.64. The highest BCUT2D eigenvalue weighted by Crippen LogP contribution is 2.36. The maximum absolute atomic E-state index is 6.29. The lowest BCUT2D eigenvalue weighted by atomic mass is 10.0. The van der Waals surface area contributed by atoms with Gasteiger partial charge in [0.2, 0.25) is 0 Å². The molecule has 0 N–H and O–H groups in total. The lowest BCUT2D eigenvalue weighted by molar-refractivity contribution is 0.0474. The minimum absolute atomic E-state index is 0.222. The van der Waals surface area contributed by atoms with Gasteiger partial charge >= 0.3 is 0 Å². The summed E-state index contributed by atoms with van der Waals surface area (Å²) in [5, 5.41) is 0.254. The van der Waals surface area contributed by atoms with E-state index in [0.29, 0.717) is 0 Å². The molecule has 0 aliphatic carbocycles. The van der Waals surface area contributed by atoms with Gasteiger partial charge in [0.05, 0.1) is 0 Å². The second-order valence-electron chi connectivity index (χ2n) is 9.30. The summed E-state index contributed by atoms with van der Waals surface area (Å²) in [6, 6.07) is 3.98. The predicted octanol–water partition coefficient (Wildman–Crippen LogP) is 6.25. The Balaban J connectivity index is 2.74. The third-order valence-corrected chi connectivity index (χ3v) is 10.2. The van der Waals surface area contributed by atoms with Crippen LogP contribution in [0.5, 0.6) is 11.5 Å². The zero-order chi connectivity index (χ0) is 22.8. The van der Waals surface area contributed by atoms with Gasteiger partial charge in [-0.05, 0) is 68.9 Å². The lowest BCUT2D eigenvalue weighted by Crippen LogP contribution is -2.40. The van der Waals surface area contributed by atoms with E-state index >= 15 is 0 Å². The Morgan fingerprint density at radius 2 is 1.67 bits per heavy atom. The smallest absolute Gasteiger partial charge is 0.191 e. The number of hydrogen-bond donors (Lipinski definition) is 0. The average Bonchev–Trinajstić information content (AvgIpc) is 2.66. The van der Waals surface area contributed by atoms with Crippen LogP contribution in [-0.4, -0.2) is 42.7 Å². The molecule has 0 radical (unpaired) electrons.